The second-order valence-electron chi connectivity index (χ2n) is 8.98. The first-order chi connectivity index (χ1) is 13.0. The van der Waals surface area contributed by atoms with E-state index in [-0.39, 0.29) is 18.0 Å². The van der Waals surface area contributed by atoms with Gasteiger partial charge in [-0.1, -0.05) is 29.8 Å². The maximum Gasteiger partial charge on any atom is 0.410 e. The molecule has 28 heavy (non-hydrogen) atoms. The number of hydrogen-bond acceptors (Lipinski definition) is 3. The minimum Gasteiger partial charge on any atom is -0.444 e. The van der Waals surface area contributed by atoms with Crippen LogP contribution in [0.3, 0.4) is 0 Å². The molecule has 1 aliphatic heterocycles. The molecule has 1 heterocycles. The van der Waals surface area contributed by atoms with Crippen LogP contribution in [0.15, 0.2) is 28.7 Å². The molecule has 5 nitrogen and oxygen atoms in total. The summed E-state index contributed by atoms with van der Waals surface area (Å²) in [6, 6.07) is 7.54. The SMILES string of the molecule is CC(C)C(CC1CCN(C(=O)OC(C)(C)C)CC1)NC(=O)c1ccc(Br)cc1. The Morgan fingerprint density at radius 2 is 1.75 bits per heavy atom. The second-order valence-corrected chi connectivity index (χ2v) is 9.89. The van der Waals surface area contributed by atoms with Crippen molar-refractivity contribution in [3.8, 4) is 0 Å². The number of ether oxygens (including phenoxy) is 1. The molecule has 156 valence electrons. The van der Waals surface area contributed by atoms with Gasteiger partial charge in [0.25, 0.3) is 5.91 Å². The highest BCUT2D eigenvalue weighted by Gasteiger charge is 2.29. The van der Waals surface area contributed by atoms with Crippen LogP contribution in [-0.4, -0.2) is 41.6 Å². The van der Waals surface area contributed by atoms with E-state index in [0.29, 0.717) is 30.5 Å². The number of nitrogens with zero attached hydrogens (tertiary/aromatic N) is 1. The number of amides is 2. The lowest BCUT2D eigenvalue weighted by Gasteiger charge is -2.35. The highest BCUT2D eigenvalue weighted by Crippen LogP contribution is 2.25. The van der Waals surface area contributed by atoms with Crippen LogP contribution in [-0.2, 0) is 4.74 Å². The lowest BCUT2D eigenvalue weighted by molar-refractivity contribution is 0.0176. The van der Waals surface area contributed by atoms with Crippen LogP contribution in [0.5, 0.6) is 0 Å². The third-order valence-electron chi connectivity index (χ3n) is 5.08. The quantitative estimate of drug-likeness (QED) is 0.663. The Hall–Kier alpha value is -1.56. The average molecular weight is 453 g/mol. The normalized spacial score (nSPS) is 16.8. The van der Waals surface area contributed by atoms with Gasteiger partial charge in [-0.3, -0.25) is 4.79 Å². The number of hydrogen-bond donors (Lipinski definition) is 1. The minimum absolute atomic E-state index is 0.0302. The van der Waals surface area contributed by atoms with Crippen molar-refractivity contribution < 1.29 is 14.3 Å². The molecule has 1 aromatic carbocycles. The maximum atomic E-state index is 12.6. The van der Waals surface area contributed by atoms with E-state index in [1.54, 1.807) is 4.90 Å². The number of halogens is 1. The van der Waals surface area contributed by atoms with Crippen molar-refractivity contribution in [2.75, 3.05) is 13.1 Å². The summed E-state index contributed by atoms with van der Waals surface area (Å²) in [5, 5.41) is 3.21. The van der Waals surface area contributed by atoms with Crippen LogP contribution in [0, 0.1) is 11.8 Å². The Kier molecular flexibility index (Phi) is 7.93. The Balaban J connectivity index is 1.87. The molecule has 1 aromatic rings. The topological polar surface area (TPSA) is 58.6 Å². The van der Waals surface area contributed by atoms with Gasteiger partial charge in [-0.15, -0.1) is 0 Å². The van der Waals surface area contributed by atoms with Gasteiger partial charge in [0.15, 0.2) is 0 Å². The van der Waals surface area contributed by atoms with Crippen LogP contribution >= 0.6 is 15.9 Å². The van der Waals surface area contributed by atoms with Crippen molar-refractivity contribution >= 4 is 27.9 Å². The van der Waals surface area contributed by atoms with E-state index in [1.807, 2.05) is 45.0 Å². The van der Waals surface area contributed by atoms with E-state index in [1.165, 1.54) is 0 Å². The maximum absolute atomic E-state index is 12.6. The lowest BCUT2D eigenvalue weighted by atomic mass is 9.86. The smallest absolute Gasteiger partial charge is 0.410 e. The number of carbonyl (C=O) groups excluding carboxylic acids is 2. The van der Waals surface area contributed by atoms with E-state index in [9.17, 15) is 9.59 Å². The second kappa shape index (κ2) is 9.77. The fraction of sp³-hybridized carbons (Fsp3) is 0.636. The van der Waals surface area contributed by atoms with Gasteiger partial charge in [-0.25, -0.2) is 4.79 Å². The predicted molar refractivity (Wildman–Crippen MR) is 115 cm³/mol. The monoisotopic (exact) mass is 452 g/mol. The van der Waals surface area contributed by atoms with Gasteiger partial charge in [0.2, 0.25) is 0 Å². The predicted octanol–water partition coefficient (Wildman–Crippen LogP) is 5.24. The van der Waals surface area contributed by atoms with Gasteiger partial charge >= 0.3 is 6.09 Å². The summed E-state index contributed by atoms with van der Waals surface area (Å²) >= 11 is 3.40. The number of likely N-dealkylation sites (tertiary alicyclic amines) is 1. The minimum atomic E-state index is -0.464. The third-order valence-corrected chi connectivity index (χ3v) is 5.61. The van der Waals surface area contributed by atoms with Crippen LogP contribution in [0.2, 0.25) is 0 Å². The first-order valence-corrected chi connectivity index (χ1v) is 10.9. The molecule has 1 unspecified atom stereocenters. The molecule has 1 aliphatic rings. The van der Waals surface area contributed by atoms with Gasteiger partial charge in [-0.2, -0.15) is 0 Å². The fourth-order valence-electron chi connectivity index (χ4n) is 3.39. The summed E-state index contributed by atoms with van der Waals surface area (Å²) in [6.07, 6.45) is 2.59. The molecule has 1 N–H and O–H groups in total. The van der Waals surface area contributed by atoms with Crippen molar-refractivity contribution in [1.29, 1.82) is 0 Å². The van der Waals surface area contributed by atoms with E-state index in [2.05, 4.69) is 35.1 Å². The highest BCUT2D eigenvalue weighted by atomic mass is 79.9. The van der Waals surface area contributed by atoms with Crippen LogP contribution in [0.25, 0.3) is 0 Å². The van der Waals surface area contributed by atoms with E-state index >= 15 is 0 Å². The zero-order valence-electron chi connectivity index (χ0n) is 17.6. The first kappa shape index (κ1) is 22.7. The molecule has 0 bridgehead atoms. The van der Waals surface area contributed by atoms with Crippen molar-refractivity contribution in [2.45, 2.75) is 65.5 Å². The van der Waals surface area contributed by atoms with Gasteiger partial charge in [0.05, 0.1) is 0 Å². The van der Waals surface area contributed by atoms with E-state index in [4.69, 9.17) is 4.74 Å². The molecular formula is C22H33BrN2O3. The zero-order chi connectivity index (χ0) is 20.9. The number of carbonyl (C=O) groups is 2. The molecule has 0 spiro atoms. The average Bonchev–Trinajstić information content (AvgIpc) is 2.60. The van der Waals surface area contributed by atoms with Gasteiger partial charge < -0.3 is 15.0 Å². The van der Waals surface area contributed by atoms with Crippen LogP contribution < -0.4 is 5.32 Å². The Morgan fingerprint density at radius 3 is 2.25 bits per heavy atom. The molecule has 6 heteroatoms. The number of benzene rings is 1. The Bertz CT molecular complexity index is 659. The molecule has 0 radical (unpaired) electrons. The molecule has 0 aliphatic carbocycles. The Labute approximate surface area is 177 Å². The number of nitrogens with one attached hydrogen (secondary N) is 1. The Morgan fingerprint density at radius 1 is 1.18 bits per heavy atom. The first-order valence-electron chi connectivity index (χ1n) is 10.1. The summed E-state index contributed by atoms with van der Waals surface area (Å²) in [5.41, 5.74) is 0.210. The number of rotatable bonds is 5. The summed E-state index contributed by atoms with van der Waals surface area (Å²) in [6.45, 7) is 11.4. The molecule has 0 aromatic heterocycles. The van der Waals surface area contributed by atoms with Gasteiger partial charge in [-0.05, 0) is 76.1 Å². The van der Waals surface area contributed by atoms with Crippen molar-refractivity contribution in [3.63, 3.8) is 0 Å². The summed E-state index contributed by atoms with van der Waals surface area (Å²) in [7, 11) is 0. The molecule has 1 saturated heterocycles. The van der Waals surface area contributed by atoms with E-state index < -0.39 is 5.60 Å². The fourth-order valence-corrected chi connectivity index (χ4v) is 3.65. The highest BCUT2D eigenvalue weighted by molar-refractivity contribution is 9.10. The molecule has 1 atom stereocenters. The molecule has 2 rings (SSSR count). The van der Waals surface area contributed by atoms with Crippen LogP contribution in [0.1, 0.15) is 64.2 Å². The summed E-state index contributed by atoms with van der Waals surface area (Å²) < 4.78 is 6.43. The van der Waals surface area contributed by atoms with Gasteiger partial charge in [0.1, 0.15) is 5.60 Å². The summed E-state index contributed by atoms with van der Waals surface area (Å²) in [4.78, 5) is 26.6. The van der Waals surface area contributed by atoms with E-state index in [0.717, 1.165) is 23.7 Å². The molecule has 0 saturated carbocycles. The molecule has 1 fully saturated rings. The molecular weight excluding hydrogens is 420 g/mol. The zero-order valence-corrected chi connectivity index (χ0v) is 19.2. The van der Waals surface area contributed by atoms with Crippen molar-refractivity contribution in [3.05, 3.63) is 34.3 Å². The van der Waals surface area contributed by atoms with Crippen LogP contribution in [0.4, 0.5) is 4.79 Å². The van der Waals surface area contributed by atoms with Crippen molar-refractivity contribution in [2.24, 2.45) is 11.8 Å². The molecule has 2 amide bonds. The summed E-state index contributed by atoms with van der Waals surface area (Å²) in [5.74, 6) is 0.817. The number of piperidine rings is 1. The largest absolute Gasteiger partial charge is 0.444 e. The third kappa shape index (κ3) is 7.12. The standard InChI is InChI=1S/C22H33BrN2O3/c1-15(2)19(24-20(26)17-6-8-18(23)9-7-17)14-16-10-12-25(13-11-16)21(27)28-22(3,4)5/h6-9,15-16,19H,10-14H2,1-5H3,(H,24,26). The van der Waals surface area contributed by atoms with Crippen molar-refractivity contribution in [1.82, 2.24) is 10.2 Å². The van der Waals surface area contributed by atoms with Gasteiger partial charge in [0, 0.05) is 29.2 Å². The lowest BCUT2D eigenvalue weighted by Crippen LogP contribution is -2.44.